The van der Waals surface area contributed by atoms with Crippen LogP contribution in [0.1, 0.15) is 58.3 Å². The first-order valence-corrected chi connectivity index (χ1v) is 9.31. The van der Waals surface area contributed by atoms with Crippen LogP contribution >= 0.6 is 0 Å². The van der Waals surface area contributed by atoms with Crippen molar-refractivity contribution in [3.05, 3.63) is 52.0 Å². The monoisotopic (exact) mass is 384 g/mol. The Morgan fingerprint density at radius 1 is 1.14 bits per heavy atom. The summed E-state index contributed by atoms with van der Waals surface area (Å²) in [6.07, 6.45) is 1.57. The zero-order chi connectivity index (χ0) is 20.3. The van der Waals surface area contributed by atoms with Crippen LogP contribution in [0.2, 0.25) is 0 Å². The number of nitrogens with one attached hydrogen (secondary N) is 1. The molecule has 3 rings (SSSR count). The highest BCUT2D eigenvalue weighted by Crippen LogP contribution is 2.30. The highest BCUT2D eigenvalue weighted by Gasteiger charge is 2.29. The van der Waals surface area contributed by atoms with E-state index < -0.39 is 12.1 Å². The number of fused-ring (bicyclic) bond motifs is 1. The molecule has 1 amide bonds. The van der Waals surface area contributed by atoms with E-state index in [9.17, 15) is 9.59 Å². The van der Waals surface area contributed by atoms with Gasteiger partial charge in [-0.2, -0.15) is 5.10 Å². The predicted octanol–water partition coefficient (Wildman–Crippen LogP) is 4.21. The first kappa shape index (κ1) is 19.7. The van der Waals surface area contributed by atoms with Crippen LogP contribution in [0.5, 0.6) is 5.75 Å². The van der Waals surface area contributed by atoms with Gasteiger partial charge in [-0.15, -0.1) is 0 Å². The number of rotatable bonds is 4. The van der Waals surface area contributed by atoms with Gasteiger partial charge >= 0.3 is 12.1 Å². The molecule has 1 heterocycles. The number of esters is 1. The lowest BCUT2D eigenvalue weighted by Crippen LogP contribution is -2.22. The Balaban J connectivity index is 1.85. The first-order chi connectivity index (χ1) is 13.4. The second kappa shape index (κ2) is 8.29. The van der Waals surface area contributed by atoms with Gasteiger partial charge in [0, 0.05) is 17.5 Å². The second-order valence-electron chi connectivity index (χ2n) is 6.81. The van der Waals surface area contributed by atoms with E-state index in [1.54, 1.807) is 26.0 Å². The number of carbonyl (C=O) groups is 2. The Hall–Kier alpha value is -3.09. The largest absolute Gasteiger partial charge is 0.453 e. The summed E-state index contributed by atoms with van der Waals surface area (Å²) < 4.78 is 16.2. The third kappa shape index (κ3) is 4.24. The highest BCUT2D eigenvalue weighted by atomic mass is 16.6. The number of nitrogens with zero attached hydrogens (tertiary/aromatic N) is 1. The van der Waals surface area contributed by atoms with Crippen molar-refractivity contribution in [2.45, 2.75) is 47.0 Å². The third-order valence-electron chi connectivity index (χ3n) is 4.47. The van der Waals surface area contributed by atoms with Crippen molar-refractivity contribution in [2.24, 2.45) is 5.10 Å². The molecule has 1 aliphatic rings. The molecule has 1 aromatic carbocycles. The van der Waals surface area contributed by atoms with Gasteiger partial charge in [0.15, 0.2) is 0 Å². The molecule has 0 atom stereocenters. The van der Waals surface area contributed by atoms with Crippen LogP contribution in [0.15, 0.2) is 27.7 Å². The molecule has 7 heteroatoms. The molecule has 0 saturated heterocycles. The molecular formula is C21H24N2O5. The Morgan fingerprint density at radius 3 is 2.54 bits per heavy atom. The lowest BCUT2D eigenvalue weighted by Gasteiger charge is -2.13. The number of ether oxygens (including phenoxy) is 2. The number of hydrazone groups is 1. The number of amides is 1. The smallest absolute Gasteiger partial charge is 0.427 e. The normalized spacial score (nSPS) is 14.5. The SMILES string of the molecule is CCOC(=O)N/N=C1\CCCc2oc(C(=O)Oc3cc(C)cc(C)c3)c(C)c21. The molecule has 1 N–H and O–H groups in total. The minimum Gasteiger partial charge on any atom is -0.453 e. The van der Waals surface area contributed by atoms with E-state index in [-0.39, 0.29) is 12.4 Å². The van der Waals surface area contributed by atoms with Crippen LogP contribution in [0.25, 0.3) is 0 Å². The Morgan fingerprint density at radius 2 is 1.86 bits per heavy atom. The fourth-order valence-corrected chi connectivity index (χ4v) is 3.40. The minimum atomic E-state index is -0.613. The zero-order valence-electron chi connectivity index (χ0n) is 16.5. The van der Waals surface area contributed by atoms with Crippen molar-refractivity contribution in [1.29, 1.82) is 0 Å². The number of carbonyl (C=O) groups excluding carboxylic acids is 2. The van der Waals surface area contributed by atoms with Gasteiger partial charge in [0.2, 0.25) is 5.76 Å². The van der Waals surface area contributed by atoms with E-state index >= 15 is 0 Å². The van der Waals surface area contributed by atoms with E-state index in [2.05, 4.69) is 10.5 Å². The quantitative estimate of drug-likeness (QED) is 0.484. The summed E-state index contributed by atoms with van der Waals surface area (Å²) >= 11 is 0. The third-order valence-corrected chi connectivity index (χ3v) is 4.47. The van der Waals surface area contributed by atoms with Crippen molar-refractivity contribution in [3.8, 4) is 5.75 Å². The summed E-state index contributed by atoms with van der Waals surface area (Å²) in [5.74, 6) is 0.777. The molecule has 0 spiro atoms. The van der Waals surface area contributed by atoms with Crippen molar-refractivity contribution in [3.63, 3.8) is 0 Å². The number of benzene rings is 1. The maximum absolute atomic E-state index is 12.7. The molecule has 1 aliphatic carbocycles. The van der Waals surface area contributed by atoms with Crippen molar-refractivity contribution in [2.75, 3.05) is 6.61 Å². The maximum atomic E-state index is 12.7. The molecule has 7 nitrogen and oxygen atoms in total. The molecular weight excluding hydrogens is 360 g/mol. The van der Waals surface area contributed by atoms with Gasteiger partial charge in [-0.1, -0.05) is 6.07 Å². The van der Waals surface area contributed by atoms with Crippen molar-refractivity contribution >= 4 is 17.8 Å². The zero-order valence-corrected chi connectivity index (χ0v) is 16.5. The molecule has 2 aromatic rings. The van der Waals surface area contributed by atoms with E-state index in [4.69, 9.17) is 13.9 Å². The number of aryl methyl sites for hydroxylation is 3. The van der Waals surface area contributed by atoms with Crippen LogP contribution < -0.4 is 10.2 Å². The van der Waals surface area contributed by atoms with Crippen LogP contribution in [-0.4, -0.2) is 24.4 Å². The first-order valence-electron chi connectivity index (χ1n) is 9.31. The van der Waals surface area contributed by atoms with Gasteiger partial charge < -0.3 is 13.9 Å². The lowest BCUT2D eigenvalue weighted by molar-refractivity contribution is 0.0698. The highest BCUT2D eigenvalue weighted by molar-refractivity contribution is 6.06. The molecule has 0 aliphatic heterocycles. The van der Waals surface area contributed by atoms with Crippen LogP contribution in [-0.2, 0) is 11.2 Å². The minimum absolute atomic E-state index is 0.162. The topological polar surface area (TPSA) is 90.1 Å². The number of hydrogen-bond acceptors (Lipinski definition) is 6. The Kier molecular flexibility index (Phi) is 5.82. The average Bonchev–Trinajstić information content (AvgIpc) is 2.97. The summed E-state index contributed by atoms with van der Waals surface area (Å²) in [6.45, 7) is 7.67. The predicted molar refractivity (Wildman–Crippen MR) is 104 cm³/mol. The van der Waals surface area contributed by atoms with Gasteiger partial charge in [0.1, 0.15) is 11.5 Å². The Bertz CT molecular complexity index is 922. The molecule has 0 unspecified atom stereocenters. The van der Waals surface area contributed by atoms with E-state index in [0.717, 1.165) is 23.1 Å². The summed E-state index contributed by atoms with van der Waals surface area (Å²) in [5.41, 5.74) is 6.49. The standard InChI is InChI=1S/C21H24N2O5/c1-5-26-21(25)23-22-16-7-6-8-17-18(16)14(4)19(28-17)20(24)27-15-10-12(2)9-13(3)11-15/h9-11H,5-8H2,1-4H3,(H,23,25)/b22-16+. The number of furan rings is 1. The maximum Gasteiger partial charge on any atom is 0.427 e. The fraction of sp³-hybridized carbons (Fsp3) is 0.381. The second-order valence-corrected chi connectivity index (χ2v) is 6.81. The van der Waals surface area contributed by atoms with E-state index in [1.165, 1.54) is 0 Å². The summed E-state index contributed by atoms with van der Waals surface area (Å²) in [4.78, 5) is 24.2. The molecule has 0 saturated carbocycles. The average molecular weight is 384 g/mol. The molecule has 148 valence electrons. The Labute approximate surface area is 163 Å². The van der Waals surface area contributed by atoms with Gasteiger partial charge in [0.25, 0.3) is 0 Å². The summed E-state index contributed by atoms with van der Waals surface area (Å²) in [5, 5.41) is 4.16. The van der Waals surface area contributed by atoms with Gasteiger partial charge in [-0.3, -0.25) is 0 Å². The van der Waals surface area contributed by atoms with Crippen LogP contribution in [0, 0.1) is 20.8 Å². The fourth-order valence-electron chi connectivity index (χ4n) is 3.40. The molecule has 28 heavy (non-hydrogen) atoms. The molecule has 0 fully saturated rings. The van der Waals surface area contributed by atoms with E-state index in [1.807, 2.05) is 19.9 Å². The summed E-state index contributed by atoms with van der Waals surface area (Å²) in [6, 6.07) is 5.62. The van der Waals surface area contributed by atoms with Crippen LogP contribution in [0.3, 0.4) is 0 Å². The van der Waals surface area contributed by atoms with Gasteiger partial charge in [0.05, 0.1) is 12.3 Å². The molecule has 0 bridgehead atoms. The number of hydrogen-bond donors (Lipinski definition) is 1. The van der Waals surface area contributed by atoms with Crippen molar-refractivity contribution < 1.29 is 23.5 Å². The van der Waals surface area contributed by atoms with Gasteiger partial charge in [-0.05, 0) is 63.8 Å². The lowest BCUT2D eigenvalue weighted by atomic mass is 9.93. The molecule has 0 radical (unpaired) electrons. The van der Waals surface area contributed by atoms with E-state index in [0.29, 0.717) is 35.6 Å². The summed E-state index contributed by atoms with van der Waals surface area (Å²) in [7, 11) is 0. The van der Waals surface area contributed by atoms with Crippen molar-refractivity contribution in [1.82, 2.24) is 5.43 Å². The van der Waals surface area contributed by atoms with Gasteiger partial charge in [-0.25, -0.2) is 15.0 Å². The molecule has 1 aromatic heterocycles. The van der Waals surface area contributed by atoms with Crippen LogP contribution in [0.4, 0.5) is 4.79 Å².